The molecule has 3 aromatic rings. The second-order valence-corrected chi connectivity index (χ2v) is 13.3. The minimum atomic E-state index is -4.63. The first-order valence-electron chi connectivity index (χ1n) is 14.0. The summed E-state index contributed by atoms with van der Waals surface area (Å²) in [6.45, 7) is 3.87. The van der Waals surface area contributed by atoms with Crippen LogP contribution in [0.1, 0.15) is 49.9 Å². The number of hydrogen-bond acceptors (Lipinski definition) is 6. The first-order valence-corrected chi connectivity index (χ1v) is 15.9. The number of carbonyl (C=O) groups is 1. The summed E-state index contributed by atoms with van der Waals surface area (Å²) in [5.74, 6) is -2.07. The molecule has 0 radical (unpaired) electrons. The van der Waals surface area contributed by atoms with Gasteiger partial charge in [-0.25, -0.2) is 22.8 Å². The van der Waals surface area contributed by atoms with Crippen LogP contribution >= 0.6 is 0 Å². The molecule has 0 spiro atoms. The van der Waals surface area contributed by atoms with Gasteiger partial charge in [-0.15, -0.1) is 0 Å². The number of alkyl halides is 3. The van der Waals surface area contributed by atoms with Crippen molar-refractivity contribution >= 4 is 27.3 Å². The highest BCUT2D eigenvalue weighted by atomic mass is 32.2. The number of nitrogens with zero attached hydrogens (tertiary/aromatic N) is 3. The third kappa shape index (κ3) is 7.10. The quantitative estimate of drug-likeness (QED) is 0.252. The van der Waals surface area contributed by atoms with Crippen LogP contribution in [0.3, 0.4) is 0 Å². The number of hydrogen-bond donors (Lipinski definition) is 1. The van der Waals surface area contributed by atoms with Gasteiger partial charge in [0, 0.05) is 54.1 Å². The Morgan fingerprint density at radius 1 is 1.02 bits per heavy atom. The summed E-state index contributed by atoms with van der Waals surface area (Å²) < 4.78 is 84.3. The number of halogens is 4. The van der Waals surface area contributed by atoms with Crippen molar-refractivity contribution in [3.05, 3.63) is 84.7 Å². The van der Waals surface area contributed by atoms with Crippen LogP contribution in [-0.2, 0) is 31.3 Å². The second-order valence-electron chi connectivity index (χ2n) is 11.6. The maximum absolute atomic E-state index is 13.5. The summed E-state index contributed by atoms with van der Waals surface area (Å²) >= 11 is 0. The molecule has 1 amide bonds. The first-order chi connectivity index (χ1) is 20.7. The molecule has 1 aliphatic carbocycles. The molecule has 1 N–H and O–H groups in total. The summed E-state index contributed by atoms with van der Waals surface area (Å²) in [6.07, 6.45) is 0.986. The van der Waals surface area contributed by atoms with Crippen LogP contribution in [0.25, 0.3) is 11.1 Å². The van der Waals surface area contributed by atoms with Gasteiger partial charge < -0.3 is 9.64 Å². The van der Waals surface area contributed by atoms with E-state index in [-0.39, 0.29) is 25.4 Å². The van der Waals surface area contributed by atoms with Gasteiger partial charge in [0.15, 0.2) is 0 Å². The first kappa shape index (κ1) is 31.6. The standard InChI is InChI=1S/C31H32F4N4O4S/c1-21(32)6-11-27(40)39(26-5-3-4-23(16-26)22-7-9-25(10-8-22)38-44(2,41)42)19-29-12-14-30(15-13-29,43-20-29)24-17-36-28(37-18-24)31(33,34)35/h3-5,7-10,16-18,38H,1,6,11-15,19-20H2,2H3. The van der Waals surface area contributed by atoms with E-state index in [1.54, 1.807) is 35.2 Å². The molecule has 1 saturated carbocycles. The van der Waals surface area contributed by atoms with Crippen LogP contribution in [0.2, 0.25) is 0 Å². The number of ether oxygens (including phenoxy) is 1. The van der Waals surface area contributed by atoms with Crippen LogP contribution in [0.4, 0.5) is 28.9 Å². The fourth-order valence-corrected chi connectivity index (χ4v) is 6.45. The maximum atomic E-state index is 13.5. The van der Waals surface area contributed by atoms with Gasteiger partial charge in [0.25, 0.3) is 0 Å². The zero-order valence-electron chi connectivity index (χ0n) is 24.0. The van der Waals surface area contributed by atoms with Crippen molar-refractivity contribution < 1.29 is 35.5 Å². The molecular weight excluding hydrogens is 600 g/mol. The smallest absolute Gasteiger partial charge is 0.370 e. The predicted octanol–water partition coefficient (Wildman–Crippen LogP) is 6.62. The second kappa shape index (κ2) is 11.9. The van der Waals surface area contributed by atoms with Crippen molar-refractivity contribution in [1.29, 1.82) is 0 Å². The van der Waals surface area contributed by atoms with Crippen molar-refractivity contribution in [3.8, 4) is 11.1 Å². The minimum Gasteiger partial charge on any atom is -0.370 e. The molecule has 2 saturated heterocycles. The zero-order chi connectivity index (χ0) is 31.8. The summed E-state index contributed by atoms with van der Waals surface area (Å²) in [5, 5.41) is 0. The fraction of sp³-hybridized carbons (Fsp3) is 0.387. The van der Waals surface area contributed by atoms with E-state index in [1.165, 1.54) is 12.4 Å². The Kier molecular flexibility index (Phi) is 8.56. The third-order valence-corrected chi connectivity index (χ3v) is 8.89. The molecule has 8 nitrogen and oxygen atoms in total. The van der Waals surface area contributed by atoms with Gasteiger partial charge in [-0.05, 0) is 61.1 Å². The molecule has 2 aliphatic heterocycles. The van der Waals surface area contributed by atoms with E-state index < -0.39 is 38.9 Å². The summed E-state index contributed by atoms with van der Waals surface area (Å²) in [4.78, 5) is 22.2. The number of aromatic nitrogens is 2. The molecule has 44 heavy (non-hydrogen) atoms. The highest BCUT2D eigenvalue weighted by molar-refractivity contribution is 7.92. The molecule has 1 aromatic heterocycles. The molecule has 3 aliphatic rings. The van der Waals surface area contributed by atoms with Gasteiger partial charge in [0.1, 0.15) is 0 Å². The number of amides is 1. The van der Waals surface area contributed by atoms with Gasteiger partial charge >= 0.3 is 6.18 Å². The van der Waals surface area contributed by atoms with Gasteiger partial charge in [0.2, 0.25) is 21.8 Å². The summed E-state index contributed by atoms with van der Waals surface area (Å²) in [7, 11) is -3.42. The van der Waals surface area contributed by atoms with E-state index in [0.29, 0.717) is 49.2 Å². The van der Waals surface area contributed by atoms with Crippen LogP contribution < -0.4 is 9.62 Å². The Labute approximate surface area is 253 Å². The molecule has 3 fully saturated rings. The minimum absolute atomic E-state index is 0.0742. The topological polar surface area (TPSA) is 101 Å². The van der Waals surface area contributed by atoms with Crippen molar-refractivity contribution in [2.24, 2.45) is 5.41 Å². The highest BCUT2D eigenvalue weighted by Gasteiger charge is 2.52. The van der Waals surface area contributed by atoms with E-state index in [0.717, 1.165) is 17.4 Å². The Hall–Kier alpha value is -3.84. The van der Waals surface area contributed by atoms with E-state index >= 15 is 0 Å². The zero-order valence-corrected chi connectivity index (χ0v) is 24.8. The summed E-state index contributed by atoms with van der Waals surface area (Å²) in [6, 6.07) is 14.2. The Morgan fingerprint density at radius 2 is 1.68 bits per heavy atom. The molecule has 2 bridgehead atoms. The Balaban J connectivity index is 1.37. The largest absolute Gasteiger partial charge is 0.451 e. The third-order valence-electron chi connectivity index (χ3n) is 8.29. The average Bonchev–Trinajstić information content (AvgIpc) is 2.99. The van der Waals surface area contributed by atoms with E-state index in [9.17, 15) is 30.8 Å². The van der Waals surface area contributed by atoms with Crippen LogP contribution in [0.5, 0.6) is 0 Å². The van der Waals surface area contributed by atoms with E-state index in [2.05, 4.69) is 21.3 Å². The molecule has 6 rings (SSSR count). The average molecular weight is 633 g/mol. The molecule has 3 heterocycles. The molecule has 2 aromatic carbocycles. The molecule has 0 atom stereocenters. The van der Waals surface area contributed by atoms with Crippen molar-refractivity contribution in [2.75, 3.05) is 29.0 Å². The van der Waals surface area contributed by atoms with Crippen LogP contribution in [-0.4, -0.2) is 43.7 Å². The lowest BCUT2D eigenvalue weighted by atomic mass is 9.64. The number of anilines is 2. The van der Waals surface area contributed by atoms with Crippen LogP contribution in [0, 0.1) is 5.41 Å². The Morgan fingerprint density at radius 3 is 2.23 bits per heavy atom. The number of allylic oxidation sites excluding steroid dienone is 1. The molecule has 0 unspecified atom stereocenters. The summed E-state index contributed by atoms with van der Waals surface area (Å²) in [5.41, 5.74) is 1.93. The number of nitrogens with one attached hydrogen (secondary N) is 1. The van der Waals surface area contributed by atoms with E-state index in [1.807, 2.05) is 18.2 Å². The number of benzene rings is 2. The van der Waals surface area contributed by atoms with Gasteiger partial charge in [0.05, 0.1) is 24.3 Å². The SMILES string of the molecule is C=C(F)CCC(=O)N(CC12CCC(c3cnc(C(F)(F)F)nc3)(CC1)OC2)c1cccc(-c2ccc(NS(C)(=O)=O)cc2)c1. The molecule has 234 valence electrons. The lowest BCUT2D eigenvalue weighted by Crippen LogP contribution is -2.54. The van der Waals surface area contributed by atoms with Gasteiger partial charge in [-0.1, -0.05) is 30.8 Å². The van der Waals surface area contributed by atoms with Gasteiger partial charge in [-0.3, -0.25) is 9.52 Å². The highest BCUT2D eigenvalue weighted by Crippen LogP contribution is 2.54. The molecule has 13 heteroatoms. The number of rotatable bonds is 10. The fourth-order valence-electron chi connectivity index (χ4n) is 5.88. The van der Waals surface area contributed by atoms with Gasteiger partial charge in [-0.2, -0.15) is 13.2 Å². The maximum Gasteiger partial charge on any atom is 0.451 e. The van der Waals surface area contributed by atoms with Crippen LogP contribution in [0.15, 0.2) is 73.3 Å². The number of fused-ring (bicyclic) bond motifs is 3. The lowest BCUT2D eigenvalue weighted by Gasteiger charge is -2.54. The van der Waals surface area contributed by atoms with Crippen molar-refractivity contribution in [3.63, 3.8) is 0 Å². The van der Waals surface area contributed by atoms with Crippen molar-refractivity contribution in [1.82, 2.24) is 9.97 Å². The van der Waals surface area contributed by atoms with E-state index in [4.69, 9.17) is 4.74 Å². The Bertz CT molecular complexity index is 1620. The van der Waals surface area contributed by atoms with Crippen molar-refractivity contribution in [2.45, 2.75) is 50.3 Å². The lowest BCUT2D eigenvalue weighted by molar-refractivity contribution is -0.187. The number of sulfonamides is 1. The molecular formula is C31H32F4N4O4S. The number of carbonyl (C=O) groups excluding carboxylic acids is 1. The predicted molar refractivity (Wildman–Crippen MR) is 158 cm³/mol. The normalized spacial score (nSPS) is 21.6. The monoisotopic (exact) mass is 632 g/mol.